The first-order valence-electron chi connectivity index (χ1n) is 10.1. The first-order chi connectivity index (χ1) is 14.6. The van der Waals surface area contributed by atoms with Gasteiger partial charge in [-0.2, -0.15) is 0 Å². The van der Waals surface area contributed by atoms with E-state index in [2.05, 4.69) is 15.5 Å². The minimum Gasteiger partial charge on any atom is -0.355 e. The van der Waals surface area contributed by atoms with Crippen molar-refractivity contribution >= 4 is 11.8 Å². The molecule has 30 heavy (non-hydrogen) atoms. The summed E-state index contributed by atoms with van der Waals surface area (Å²) in [6, 6.07) is 15.1. The van der Waals surface area contributed by atoms with Crippen LogP contribution in [0.15, 0.2) is 59.3 Å². The highest BCUT2D eigenvalue weighted by Gasteiger charge is 2.30. The summed E-state index contributed by atoms with van der Waals surface area (Å²) in [6.45, 7) is 3.38. The molecule has 154 valence electrons. The molecule has 1 unspecified atom stereocenters. The van der Waals surface area contributed by atoms with Crippen molar-refractivity contribution in [1.29, 1.82) is 0 Å². The van der Waals surface area contributed by atoms with Gasteiger partial charge in [0, 0.05) is 30.9 Å². The average Bonchev–Trinajstić information content (AvgIpc) is 3.28. The largest absolute Gasteiger partial charge is 0.355 e. The topological polar surface area (TPSA) is 88.3 Å². The smallest absolute Gasteiger partial charge is 0.276 e. The second kappa shape index (κ2) is 8.90. The Morgan fingerprint density at radius 2 is 2.03 bits per heavy atom. The van der Waals surface area contributed by atoms with Gasteiger partial charge in [0.2, 0.25) is 5.91 Å². The molecule has 1 aromatic carbocycles. The van der Waals surface area contributed by atoms with Gasteiger partial charge in [0.25, 0.3) is 5.91 Å². The fourth-order valence-corrected chi connectivity index (χ4v) is 3.59. The van der Waals surface area contributed by atoms with Crippen LogP contribution in [0.4, 0.5) is 0 Å². The normalized spacial score (nSPS) is 16.3. The first kappa shape index (κ1) is 19.8. The monoisotopic (exact) mass is 404 g/mol. The van der Waals surface area contributed by atoms with Crippen molar-refractivity contribution in [2.24, 2.45) is 5.92 Å². The highest BCUT2D eigenvalue weighted by atomic mass is 16.5. The summed E-state index contributed by atoms with van der Waals surface area (Å²) in [7, 11) is 0. The number of rotatable bonds is 5. The lowest BCUT2D eigenvalue weighted by molar-refractivity contribution is -0.126. The molecule has 2 aromatic heterocycles. The van der Waals surface area contributed by atoms with Gasteiger partial charge in [-0.15, -0.1) is 0 Å². The number of nitrogens with zero attached hydrogens (tertiary/aromatic N) is 3. The average molecular weight is 404 g/mol. The van der Waals surface area contributed by atoms with E-state index in [1.807, 2.05) is 49.4 Å². The number of piperidine rings is 1. The van der Waals surface area contributed by atoms with Crippen molar-refractivity contribution in [3.63, 3.8) is 0 Å². The van der Waals surface area contributed by atoms with Crippen LogP contribution in [0.1, 0.15) is 34.6 Å². The lowest BCUT2D eigenvalue weighted by atomic mass is 9.96. The molecule has 1 N–H and O–H groups in total. The number of likely N-dealkylation sites (tertiary alicyclic amines) is 1. The summed E-state index contributed by atoms with van der Waals surface area (Å²) in [5.41, 5.74) is 3.09. The van der Waals surface area contributed by atoms with Gasteiger partial charge in [0.1, 0.15) is 0 Å². The lowest BCUT2D eigenvalue weighted by Crippen LogP contribution is -2.45. The Balaban J connectivity index is 1.37. The van der Waals surface area contributed by atoms with E-state index in [1.54, 1.807) is 17.2 Å². The minimum absolute atomic E-state index is 0.0568. The zero-order valence-electron chi connectivity index (χ0n) is 16.9. The van der Waals surface area contributed by atoms with Crippen molar-refractivity contribution in [2.45, 2.75) is 26.3 Å². The molecule has 0 spiro atoms. The van der Waals surface area contributed by atoms with Crippen molar-refractivity contribution in [3.8, 4) is 11.3 Å². The molecule has 2 amide bonds. The van der Waals surface area contributed by atoms with Gasteiger partial charge in [-0.05, 0) is 31.9 Å². The van der Waals surface area contributed by atoms with E-state index in [4.69, 9.17) is 4.52 Å². The van der Waals surface area contributed by atoms with Gasteiger partial charge in [-0.25, -0.2) is 0 Å². The van der Waals surface area contributed by atoms with Crippen molar-refractivity contribution in [3.05, 3.63) is 71.7 Å². The SMILES string of the molecule is Cc1ccc(-c2cc(C(=O)N3CCCC(C(=O)NCc4ccccn4)C3)no2)cc1. The highest BCUT2D eigenvalue weighted by molar-refractivity contribution is 5.93. The van der Waals surface area contributed by atoms with E-state index in [0.717, 1.165) is 29.7 Å². The second-order valence-corrected chi connectivity index (χ2v) is 7.57. The van der Waals surface area contributed by atoms with E-state index >= 15 is 0 Å². The number of carbonyl (C=O) groups is 2. The van der Waals surface area contributed by atoms with Gasteiger partial charge < -0.3 is 14.7 Å². The number of nitrogens with one attached hydrogen (secondary N) is 1. The third-order valence-corrected chi connectivity index (χ3v) is 5.31. The van der Waals surface area contributed by atoms with Gasteiger partial charge in [-0.1, -0.05) is 41.1 Å². The zero-order chi connectivity index (χ0) is 20.9. The summed E-state index contributed by atoms with van der Waals surface area (Å²) >= 11 is 0. The summed E-state index contributed by atoms with van der Waals surface area (Å²) in [4.78, 5) is 31.4. The van der Waals surface area contributed by atoms with Crippen molar-refractivity contribution in [1.82, 2.24) is 20.4 Å². The highest BCUT2D eigenvalue weighted by Crippen LogP contribution is 2.23. The molecule has 1 atom stereocenters. The number of hydrogen-bond donors (Lipinski definition) is 1. The lowest BCUT2D eigenvalue weighted by Gasteiger charge is -2.31. The van der Waals surface area contributed by atoms with Crippen LogP contribution in [-0.2, 0) is 11.3 Å². The molecule has 7 nitrogen and oxygen atoms in total. The molecule has 0 radical (unpaired) electrons. The molecule has 7 heteroatoms. The van der Waals surface area contributed by atoms with Gasteiger partial charge in [0.15, 0.2) is 11.5 Å². The fourth-order valence-electron chi connectivity index (χ4n) is 3.59. The van der Waals surface area contributed by atoms with Crippen LogP contribution in [0.5, 0.6) is 0 Å². The third-order valence-electron chi connectivity index (χ3n) is 5.31. The third kappa shape index (κ3) is 4.56. The summed E-state index contributed by atoms with van der Waals surface area (Å²) in [6.07, 6.45) is 3.23. The standard InChI is InChI=1S/C23H24N4O3/c1-16-7-9-17(10-8-16)21-13-20(26-30-21)23(29)27-12-4-5-18(15-27)22(28)25-14-19-6-2-3-11-24-19/h2-3,6-11,13,18H,4-5,12,14-15H2,1H3,(H,25,28). The molecule has 4 rings (SSSR count). The molecule has 3 heterocycles. The van der Waals surface area contributed by atoms with Gasteiger partial charge in [-0.3, -0.25) is 14.6 Å². The number of aryl methyl sites for hydroxylation is 1. The number of carbonyl (C=O) groups excluding carboxylic acids is 2. The summed E-state index contributed by atoms with van der Waals surface area (Å²) in [5.74, 6) is 0.0490. The molecular formula is C23H24N4O3. The van der Waals surface area contributed by atoms with Crippen molar-refractivity contribution < 1.29 is 14.1 Å². The number of aromatic nitrogens is 2. The maximum absolute atomic E-state index is 12.9. The molecule has 0 bridgehead atoms. The predicted molar refractivity (Wildman–Crippen MR) is 111 cm³/mol. The van der Waals surface area contributed by atoms with E-state index in [9.17, 15) is 9.59 Å². The first-order valence-corrected chi connectivity index (χ1v) is 10.1. The fraction of sp³-hybridized carbons (Fsp3) is 0.304. The Morgan fingerprint density at radius 3 is 2.80 bits per heavy atom. The maximum Gasteiger partial charge on any atom is 0.276 e. The van der Waals surface area contributed by atoms with Crippen LogP contribution < -0.4 is 5.32 Å². The van der Waals surface area contributed by atoms with Crippen LogP contribution in [0.3, 0.4) is 0 Å². The van der Waals surface area contributed by atoms with Crippen LogP contribution >= 0.6 is 0 Å². The zero-order valence-corrected chi connectivity index (χ0v) is 16.9. The molecule has 3 aromatic rings. The Hall–Kier alpha value is -3.48. The Morgan fingerprint density at radius 1 is 1.20 bits per heavy atom. The maximum atomic E-state index is 12.9. The molecule has 1 aliphatic rings. The van der Waals surface area contributed by atoms with E-state index < -0.39 is 0 Å². The molecule has 0 aliphatic carbocycles. The number of amides is 2. The number of benzene rings is 1. The van der Waals surface area contributed by atoms with Crippen LogP contribution in [0, 0.1) is 12.8 Å². The van der Waals surface area contributed by atoms with Crippen LogP contribution in [0.2, 0.25) is 0 Å². The number of hydrogen-bond acceptors (Lipinski definition) is 5. The molecule has 1 aliphatic heterocycles. The Labute approximate surface area is 175 Å². The van der Waals surface area contributed by atoms with Gasteiger partial charge >= 0.3 is 0 Å². The minimum atomic E-state index is -0.241. The molecule has 0 saturated carbocycles. The Kier molecular flexibility index (Phi) is 5.88. The van der Waals surface area contributed by atoms with Crippen LogP contribution in [-0.4, -0.2) is 39.9 Å². The van der Waals surface area contributed by atoms with Crippen molar-refractivity contribution in [2.75, 3.05) is 13.1 Å². The second-order valence-electron chi connectivity index (χ2n) is 7.57. The molecule has 1 fully saturated rings. The quantitative estimate of drug-likeness (QED) is 0.705. The van der Waals surface area contributed by atoms with E-state index in [0.29, 0.717) is 25.4 Å². The molecular weight excluding hydrogens is 380 g/mol. The van der Waals surface area contributed by atoms with E-state index in [-0.39, 0.29) is 23.4 Å². The summed E-state index contributed by atoms with van der Waals surface area (Å²) < 4.78 is 5.38. The molecule has 1 saturated heterocycles. The number of pyridine rings is 1. The summed E-state index contributed by atoms with van der Waals surface area (Å²) in [5, 5.41) is 6.89. The van der Waals surface area contributed by atoms with E-state index in [1.165, 1.54) is 0 Å². The Bertz CT molecular complexity index is 1010. The van der Waals surface area contributed by atoms with Gasteiger partial charge in [0.05, 0.1) is 18.2 Å². The predicted octanol–water partition coefficient (Wildman–Crippen LogP) is 3.21. The van der Waals surface area contributed by atoms with Crippen LogP contribution in [0.25, 0.3) is 11.3 Å².